The van der Waals surface area contributed by atoms with Gasteiger partial charge in [-0.1, -0.05) is 72.4 Å². The Morgan fingerprint density at radius 3 is 0.991 bits per heavy atom. The Labute approximate surface area is 680 Å². The van der Waals surface area contributed by atoms with E-state index in [4.69, 9.17) is 115 Å². The third kappa shape index (κ3) is 32.8. The first kappa shape index (κ1) is 92.8. The number of ether oxygens (including phenoxy) is 12. The van der Waals surface area contributed by atoms with Crippen LogP contribution in [-0.2, 0) is 34.8 Å². The fourth-order valence-electron chi connectivity index (χ4n) is 8.66. The molecule has 1 amide bonds. The largest absolute Gasteiger partial charge is 0.491 e. The van der Waals surface area contributed by atoms with Crippen molar-refractivity contribution in [1.29, 1.82) is 0 Å². The molecule has 113 heavy (non-hydrogen) atoms. The molecule has 0 radical (unpaired) electrons. The molecule has 0 saturated heterocycles. The Hall–Kier alpha value is -10.8. The molecule has 5 heterocycles. The number of alkyl halides is 3. The van der Waals surface area contributed by atoms with Crippen LogP contribution in [0.3, 0.4) is 0 Å². The summed E-state index contributed by atoms with van der Waals surface area (Å²) in [7, 11) is 1.57. The highest BCUT2D eigenvalue weighted by Gasteiger charge is 2.36. The number of aryl methyl sites for hydroxylation is 4. The molecule has 0 fully saturated rings. The van der Waals surface area contributed by atoms with Crippen LogP contribution in [-0.4, -0.2) is 99.3 Å². The van der Waals surface area contributed by atoms with E-state index in [-0.39, 0.29) is 54.7 Å². The standard InChI is InChI=1S/2C17H18ClNO4.C16H13ClF3NO3.C16H17ClN2O3.C16H18ClNO2.CH4/c1-11-8-16(18)17(19-9-11)23-15-6-4-14(5-7-15)22-12(2)10-21-13(3)20;1-4-21-17(20)12(3)22-13-5-7-14(8-6-13)23-16-15(18)9-11(2)10-19-16;1-9(22)10(2)23-12-3-5-13(6-4-12)24-15-14(16(18,19)20)7-11(17)8-21-15;1-10-8-14(17)16(19-9-10)22-13-6-4-12(5-7-13)21-11(2)15(20)18-3;1-4-12(3)19-13-5-7-14(8-6-13)20-16-15(17)9-11(2)10-18-16;/h4-9,12H,10H2,1-3H3;5-10,12H,4H2,1-3H3;3-8,10H,1-2H3;4-9,11H,1-3H3,(H,18,20);5-10,12H,4H2,1-3H3;1H4. The Morgan fingerprint density at radius 1 is 0.407 bits per heavy atom. The number of nitrogens with zero attached hydrogens (tertiary/aromatic N) is 5. The summed E-state index contributed by atoms with van der Waals surface area (Å²) in [6.45, 7) is 23.6. The van der Waals surface area contributed by atoms with Crippen LogP contribution >= 0.6 is 58.0 Å². The summed E-state index contributed by atoms with van der Waals surface area (Å²) in [6.07, 6.45) is 2.28. The molecule has 0 bridgehead atoms. The van der Waals surface area contributed by atoms with Gasteiger partial charge < -0.3 is 62.2 Å². The monoisotopic (exact) mass is 1660 g/mol. The number of carbonyl (C=O) groups is 4. The normalized spacial score (nSPS) is 11.8. The van der Waals surface area contributed by atoms with Crippen LogP contribution in [0.5, 0.6) is 86.9 Å². The number of nitrogens with one attached hydrogen (secondary N) is 1. The van der Waals surface area contributed by atoms with Gasteiger partial charge in [-0.25, -0.2) is 29.7 Å². The molecule has 1 N–H and O–H groups in total. The van der Waals surface area contributed by atoms with Crippen molar-refractivity contribution in [3.05, 3.63) is 236 Å². The van der Waals surface area contributed by atoms with Gasteiger partial charge in [-0.05, 0) is 256 Å². The summed E-state index contributed by atoms with van der Waals surface area (Å²) >= 11 is 29.9. The number of Topliss-reactive ketones (excluding diaryl/α,β-unsaturated/α-hetero) is 1. The maximum absolute atomic E-state index is 13.0. The van der Waals surface area contributed by atoms with Crippen LogP contribution < -0.4 is 52.7 Å². The van der Waals surface area contributed by atoms with E-state index < -0.39 is 41.9 Å². The number of likely N-dealkylation sites (N-methyl/N-ethyl adjacent to an activating group) is 1. The molecular formula is C83H88Cl5F3N6O16. The topological polar surface area (TPSA) is 256 Å². The number of halogens is 8. The second-order valence-electron chi connectivity index (χ2n) is 24.4. The van der Waals surface area contributed by atoms with E-state index in [9.17, 15) is 32.3 Å². The number of benzene rings is 5. The van der Waals surface area contributed by atoms with Crippen molar-refractivity contribution in [2.45, 2.75) is 141 Å². The number of aromatic nitrogens is 5. The van der Waals surface area contributed by atoms with E-state index >= 15 is 0 Å². The number of hydrogen-bond donors (Lipinski definition) is 1. The first-order valence-electron chi connectivity index (χ1n) is 34.6. The molecule has 0 spiro atoms. The van der Waals surface area contributed by atoms with Gasteiger partial charge in [-0.2, -0.15) is 13.2 Å². The summed E-state index contributed by atoms with van der Waals surface area (Å²) in [4.78, 5) is 65.0. The fraction of sp³-hybridized carbons (Fsp3) is 0.289. The zero-order chi connectivity index (χ0) is 82.2. The summed E-state index contributed by atoms with van der Waals surface area (Å²) in [6, 6.07) is 41.9. The van der Waals surface area contributed by atoms with Crippen LogP contribution in [0.4, 0.5) is 13.2 Å². The number of esters is 2. The van der Waals surface area contributed by atoms with E-state index in [1.54, 1.807) is 151 Å². The van der Waals surface area contributed by atoms with E-state index in [0.29, 0.717) is 96.2 Å². The van der Waals surface area contributed by atoms with Crippen molar-refractivity contribution in [2.75, 3.05) is 20.3 Å². The highest BCUT2D eigenvalue weighted by molar-refractivity contribution is 6.33. The van der Waals surface area contributed by atoms with Crippen molar-refractivity contribution in [3.63, 3.8) is 0 Å². The van der Waals surface area contributed by atoms with Crippen LogP contribution in [0.1, 0.15) is 104 Å². The lowest BCUT2D eigenvalue weighted by atomic mass is 10.2. The summed E-state index contributed by atoms with van der Waals surface area (Å²) in [5.74, 6) is 5.36. The van der Waals surface area contributed by atoms with Gasteiger partial charge in [0.25, 0.3) is 5.91 Å². The third-order valence-corrected chi connectivity index (χ3v) is 15.9. The van der Waals surface area contributed by atoms with Gasteiger partial charge in [-0.3, -0.25) is 14.4 Å². The molecule has 0 saturated carbocycles. The second kappa shape index (κ2) is 46.2. The van der Waals surface area contributed by atoms with E-state index in [2.05, 4.69) is 37.2 Å². The molecule has 5 aromatic carbocycles. The molecule has 602 valence electrons. The maximum Gasteiger partial charge on any atom is 0.421 e. The zero-order valence-corrected chi connectivity index (χ0v) is 67.4. The van der Waals surface area contributed by atoms with Crippen molar-refractivity contribution in [1.82, 2.24) is 30.2 Å². The molecule has 10 aromatic rings. The molecule has 22 nitrogen and oxygen atoms in total. The molecule has 5 aromatic heterocycles. The number of pyridine rings is 5. The third-order valence-electron chi connectivity index (χ3n) is 14.6. The lowest BCUT2D eigenvalue weighted by molar-refractivity contribution is -0.150. The smallest absolute Gasteiger partial charge is 0.421 e. The molecule has 5 atom stereocenters. The summed E-state index contributed by atoms with van der Waals surface area (Å²) in [5, 5.41) is 4.25. The van der Waals surface area contributed by atoms with Gasteiger partial charge in [0.2, 0.25) is 29.4 Å². The first-order valence-corrected chi connectivity index (χ1v) is 36.5. The summed E-state index contributed by atoms with van der Waals surface area (Å²) < 4.78 is 104. The number of carbonyl (C=O) groups excluding carboxylic acids is 4. The van der Waals surface area contributed by atoms with Crippen LogP contribution in [0.2, 0.25) is 25.1 Å². The Morgan fingerprint density at radius 2 is 0.699 bits per heavy atom. The Kier molecular flexibility index (Phi) is 38.0. The van der Waals surface area contributed by atoms with Gasteiger partial charge >= 0.3 is 18.1 Å². The molecule has 0 aliphatic carbocycles. The minimum absolute atomic E-state index is 0. The van der Waals surface area contributed by atoms with Gasteiger partial charge in [0.15, 0.2) is 24.1 Å². The van der Waals surface area contributed by atoms with Gasteiger partial charge in [-0.15, -0.1) is 0 Å². The average molecular weight is 1660 g/mol. The van der Waals surface area contributed by atoms with Crippen molar-refractivity contribution in [2.24, 2.45) is 0 Å². The number of amides is 1. The van der Waals surface area contributed by atoms with E-state index in [0.717, 1.165) is 46.7 Å². The molecular weight excluding hydrogens is 1570 g/mol. The SMILES string of the molecule is C.CC(=O)C(C)Oc1ccc(Oc2ncc(Cl)cc2C(F)(F)F)cc1.CC(=O)OCC(C)Oc1ccc(Oc2ncc(C)cc2Cl)cc1.CCC(C)Oc1ccc(Oc2ncc(C)cc2Cl)cc1.CCOC(=O)C(C)Oc1ccc(Oc2ncc(C)cc2Cl)cc1.CNC(=O)C(C)Oc1ccc(Oc2ncc(C)cc2Cl)cc1. The molecule has 30 heteroatoms. The minimum atomic E-state index is -4.65. The van der Waals surface area contributed by atoms with Crippen LogP contribution in [0.15, 0.2) is 183 Å². The lowest BCUT2D eigenvalue weighted by Crippen LogP contribution is -2.33. The second-order valence-corrected chi connectivity index (χ2v) is 26.5. The maximum atomic E-state index is 13.0. The first-order chi connectivity index (χ1) is 53.2. The Balaban J connectivity index is 0.000000252. The predicted molar refractivity (Wildman–Crippen MR) is 428 cm³/mol. The number of rotatable bonds is 27. The molecule has 10 rings (SSSR count). The van der Waals surface area contributed by atoms with Gasteiger partial charge in [0.05, 0.1) is 17.7 Å². The average Bonchev–Trinajstić information content (AvgIpc) is 0.816. The molecule has 5 unspecified atom stereocenters. The number of ketones is 1. The van der Waals surface area contributed by atoms with Crippen molar-refractivity contribution < 1.29 is 89.2 Å². The molecule has 0 aliphatic rings. The summed E-state index contributed by atoms with van der Waals surface area (Å²) in [5.41, 5.74) is 2.82. The molecule has 0 aliphatic heterocycles. The highest BCUT2D eigenvalue weighted by atomic mass is 35.5. The zero-order valence-electron chi connectivity index (χ0n) is 63.6. The van der Waals surface area contributed by atoms with Crippen LogP contribution in [0.25, 0.3) is 0 Å². The van der Waals surface area contributed by atoms with E-state index in [1.807, 2.05) is 71.9 Å². The van der Waals surface area contributed by atoms with Gasteiger partial charge in [0, 0.05) is 45.0 Å². The van der Waals surface area contributed by atoms with Crippen LogP contribution in [0, 0.1) is 27.7 Å². The Bertz CT molecular complexity index is 4680. The van der Waals surface area contributed by atoms with Gasteiger partial charge in [0.1, 0.15) is 95.9 Å². The predicted octanol–water partition coefficient (Wildman–Crippen LogP) is 22.2. The van der Waals surface area contributed by atoms with Crippen molar-refractivity contribution >= 4 is 81.6 Å². The quantitative estimate of drug-likeness (QED) is 0.0469. The highest BCUT2D eigenvalue weighted by Crippen LogP contribution is 2.39. The number of hydrogen-bond acceptors (Lipinski definition) is 21. The van der Waals surface area contributed by atoms with E-state index in [1.165, 1.54) is 38.1 Å². The minimum Gasteiger partial charge on any atom is -0.491 e. The lowest BCUT2D eigenvalue weighted by Gasteiger charge is -2.14. The van der Waals surface area contributed by atoms with Crippen molar-refractivity contribution in [3.8, 4) is 86.9 Å². The fourth-order valence-corrected chi connectivity index (χ4v) is 9.86.